The molecule has 0 spiro atoms. The molecule has 1 atom stereocenters. The van der Waals surface area contributed by atoms with Gasteiger partial charge in [0.05, 0.1) is 4.90 Å². The third-order valence-corrected chi connectivity index (χ3v) is 6.96. The number of halogens is 1. The number of carbonyl (C=O) groups excluding carboxylic acids is 1. The molecule has 1 aromatic rings. The number of benzene rings is 1. The quantitative estimate of drug-likeness (QED) is 0.714. The summed E-state index contributed by atoms with van der Waals surface area (Å²) in [5, 5.41) is 0. The molecular weight excluding hydrogens is 392 g/mol. The summed E-state index contributed by atoms with van der Waals surface area (Å²) in [4.78, 5) is 14.4. The van der Waals surface area contributed by atoms with E-state index < -0.39 is 10.0 Å². The van der Waals surface area contributed by atoms with E-state index in [0.29, 0.717) is 38.5 Å². The first-order valence-corrected chi connectivity index (χ1v) is 10.4. The van der Waals surface area contributed by atoms with Crippen LogP contribution in [0, 0.1) is 5.92 Å². The zero-order valence-corrected chi connectivity index (χ0v) is 15.8. The third kappa shape index (κ3) is 3.90. The van der Waals surface area contributed by atoms with Crippen LogP contribution in [0.1, 0.15) is 19.3 Å². The van der Waals surface area contributed by atoms with Gasteiger partial charge in [0.15, 0.2) is 0 Å². The van der Waals surface area contributed by atoms with Crippen molar-refractivity contribution < 1.29 is 13.2 Å². The van der Waals surface area contributed by atoms with Crippen LogP contribution in [-0.4, -0.2) is 49.7 Å². The van der Waals surface area contributed by atoms with Gasteiger partial charge in [0.1, 0.15) is 0 Å². The highest BCUT2D eigenvalue weighted by Crippen LogP contribution is 2.23. The lowest BCUT2D eigenvalue weighted by atomic mass is 10.0. The summed E-state index contributed by atoms with van der Waals surface area (Å²) in [6.45, 7) is 1.62. The summed E-state index contributed by atoms with van der Waals surface area (Å²) < 4.78 is 27.6. The number of hydrogen-bond donors (Lipinski definition) is 0. The predicted octanol–water partition coefficient (Wildman–Crippen LogP) is 2.64. The Morgan fingerprint density at radius 1 is 1.21 bits per heavy atom. The van der Waals surface area contributed by atoms with Crippen molar-refractivity contribution in [3.05, 3.63) is 40.9 Å². The Balaban J connectivity index is 1.60. The smallest absolute Gasteiger partial charge is 0.243 e. The Hall–Kier alpha value is -1.18. The summed E-state index contributed by atoms with van der Waals surface area (Å²) in [6.07, 6.45) is 6.88. The van der Waals surface area contributed by atoms with E-state index in [2.05, 4.69) is 28.1 Å². The van der Waals surface area contributed by atoms with Gasteiger partial charge in [0.2, 0.25) is 15.9 Å². The molecule has 7 heteroatoms. The van der Waals surface area contributed by atoms with Gasteiger partial charge in [-0.2, -0.15) is 4.31 Å². The highest BCUT2D eigenvalue weighted by Gasteiger charge is 2.30. The van der Waals surface area contributed by atoms with E-state index in [-0.39, 0.29) is 10.8 Å². The summed E-state index contributed by atoms with van der Waals surface area (Å²) >= 11 is 3.31. The van der Waals surface area contributed by atoms with E-state index in [1.54, 1.807) is 29.2 Å². The molecule has 2 aliphatic rings. The summed E-state index contributed by atoms with van der Waals surface area (Å²) in [7, 11) is -3.50. The van der Waals surface area contributed by atoms with Crippen LogP contribution in [0.25, 0.3) is 0 Å². The lowest BCUT2D eigenvalue weighted by Crippen LogP contribution is -2.50. The molecule has 1 aromatic carbocycles. The van der Waals surface area contributed by atoms with Crippen LogP contribution in [0.15, 0.2) is 45.8 Å². The molecule has 1 saturated heterocycles. The summed E-state index contributed by atoms with van der Waals surface area (Å²) in [6, 6.07) is 6.72. The van der Waals surface area contributed by atoms with Crippen LogP contribution < -0.4 is 0 Å². The van der Waals surface area contributed by atoms with Crippen molar-refractivity contribution in [3.63, 3.8) is 0 Å². The first kappa shape index (κ1) is 17.6. The Morgan fingerprint density at radius 3 is 2.58 bits per heavy atom. The maximum absolute atomic E-state index is 12.7. The standard InChI is InChI=1S/C17H21BrN2O3S/c18-15-6-3-7-16(13-15)24(22,23)20-10-8-19(9-11-20)17(21)12-14-4-1-2-5-14/h1,3-4,6-7,13-14H,2,5,8-12H2. The SMILES string of the molecule is O=C(CC1C=CCC1)N1CCN(S(=O)(=O)c2cccc(Br)c2)CC1. The Morgan fingerprint density at radius 2 is 1.96 bits per heavy atom. The average Bonchev–Trinajstić information content (AvgIpc) is 3.08. The van der Waals surface area contributed by atoms with E-state index in [9.17, 15) is 13.2 Å². The third-order valence-electron chi connectivity index (χ3n) is 4.57. The number of rotatable bonds is 4. The normalized spacial score (nSPS) is 22.0. The maximum Gasteiger partial charge on any atom is 0.243 e. The van der Waals surface area contributed by atoms with Gasteiger partial charge < -0.3 is 4.90 Å². The van der Waals surface area contributed by atoms with Crippen molar-refractivity contribution in [2.45, 2.75) is 24.2 Å². The van der Waals surface area contributed by atoms with Crippen LogP contribution in [0.5, 0.6) is 0 Å². The fourth-order valence-electron chi connectivity index (χ4n) is 3.17. The molecule has 0 radical (unpaired) electrons. The second-order valence-corrected chi connectivity index (χ2v) is 9.07. The molecule has 5 nitrogen and oxygen atoms in total. The van der Waals surface area contributed by atoms with Crippen molar-refractivity contribution in [1.29, 1.82) is 0 Å². The van der Waals surface area contributed by atoms with Crippen molar-refractivity contribution in [3.8, 4) is 0 Å². The van der Waals surface area contributed by atoms with Crippen LogP contribution in [0.3, 0.4) is 0 Å². The minimum atomic E-state index is -3.50. The van der Waals surface area contributed by atoms with Gasteiger partial charge in [-0.05, 0) is 37.0 Å². The molecule has 1 unspecified atom stereocenters. The highest BCUT2D eigenvalue weighted by atomic mass is 79.9. The van der Waals surface area contributed by atoms with Gasteiger partial charge in [0.25, 0.3) is 0 Å². The average molecular weight is 413 g/mol. The van der Waals surface area contributed by atoms with Crippen LogP contribution in [0.4, 0.5) is 0 Å². The molecule has 3 rings (SSSR count). The lowest BCUT2D eigenvalue weighted by Gasteiger charge is -2.34. The molecule has 1 aliphatic carbocycles. The van der Waals surface area contributed by atoms with E-state index >= 15 is 0 Å². The fraction of sp³-hybridized carbons (Fsp3) is 0.471. The minimum Gasteiger partial charge on any atom is -0.340 e. The van der Waals surface area contributed by atoms with Gasteiger partial charge in [-0.15, -0.1) is 0 Å². The number of hydrogen-bond acceptors (Lipinski definition) is 3. The topological polar surface area (TPSA) is 57.7 Å². The zero-order chi connectivity index (χ0) is 17.2. The predicted molar refractivity (Wildman–Crippen MR) is 96.0 cm³/mol. The van der Waals surface area contributed by atoms with Gasteiger partial charge in [-0.3, -0.25) is 4.79 Å². The monoisotopic (exact) mass is 412 g/mol. The number of amides is 1. The molecule has 1 aliphatic heterocycles. The highest BCUT2D eigenvalue weighted by molar-refractivity contribution is 9.10. The molecule has 0 bridgehead atoms. The van der Waals surface area contributed by atoms with E-state index in [1.807, 2.05) is 0 Å². The molecular formula is C17H21BrN2O3S. The van der Waals surface area contributed by atoms with Crippen LogP contribution in [0.2, 0.25) is 0 Å². The number of piperazine rings is 1. The molecule has 1 fully saturated rings. The second-order valence-electron chi connectivity index (χ2n) is 6.21. The van der Waals surface area contributed by atoms with Crippen LogP contribution in [-0.2, 0) is 14.8 Å². The summed E-state index contributed by atoms with van der Waals surface area (Å²) in [5.74, 6) is 0.479. The van der Waals surface area contributed by atoms with Gasteiger partial charge in [-0.25, -0.2) is 8.42 Å². The van der Waals surface area contributed by atoms with Gasteiger partial charge in [0, 0.05) is 37.1 Å². The Bertz CT molecular complexity index is 740. The first-order chi connectivity index (χ1) is 11.5. The molecule has 1 amide bonds. The van der Waals surface area contributed by atoms with Crippen molar-refractivity contribution >= 4 is 31.9 Å². The van der Waals surface area contributed by atoms with Gasteiger partial charge in [-0.1, -0.05) is 34.1 Å². The van der Waals surface area contributed by atoms with E-state index in [1.165, 1.54) is 4.31 Å². The number of carbonyl (C=O) groups is 1. The largest absolute Gasteiger partial charge is 0.340 e. The molecule has 0 saturated carbocycles. The molecule has 0 aromatic heterocycles. The maximum atomic E-state index is 12.7. The van der Waals surface area contributed by atoms with Crippen molar-refractivity contribution in [2.24, 2.45) is 5.92 Å². The Kier molecular flexibility index (Phi) is 5.42. The molecule has 24 heavy (non-hydrogen) atoms. The number of nitrogens with zero attached hydrogens (tertiary/aromatic N) is 2. The number of allylic oxidation sites excluding steroid dienone is 2. The van der Waals surface area contributed by atoms with Crippen LogP contribution >= 0.6 is 15.9 Å². The molecule has 1 heterocycles. The molecule has 0 N–H and O–H groups in total. The Labute approximate surface area is 151 Å². The number of sulfonamides is 1. The van der Waals surface area contributed by atoms with E-state index in [4.69, 9.17) is 0 Å². The second kappa shape index (κ2) is 7.37. The van der Waals surface area contributed by atoms with Crippen molar-refractivity contribution in [1.82, 2.24) is 9.21 Å². The lowest BCUT2D eigenvalue weighted by molar-refractivity contribution is -0.133. The van der Waals surface area contributed by atoms with E-state index in [0.717, 1.165) is 17.3 Å². The first-order valence-electron chi connectivity index (χ1n) is 8.17. The zero-order valence-electron chi connectivity index (χ0n) is 13.4. The van der Waals surface area contributed by atoms with Crippen molar-refractivity contribution in [2.75, 3.05) is 26.2 Å². The van der Waals surface area contributed by atoms with Gasteiger partial charge >= 0.3 is 0 Å². The summed E-state index contributed by atoms with van der Waals surface area (Å²) in [5.41, 5.74) is 0. The fourth-order valence-corrected chi connectivity index (χ4v) is 5.19. The minimum absolute atomic E-state index is 0.131. The molecule has 130 valence electrons.